The zero-order valence-corrected chi connectivity index (χ0v) is 12.0. The van der Waals surface area contributed by atoms with Crippen LogP contribution in [0, 0.1) is 0 Å². The van der Waals surface area contributed by atoms with E-state index in [0.29, 0.717) is 13.0 Å². The van der Waals surface area contributed by atoms with E-state index in [1.165, 1.54) is 0 Å². The fourth-order valence-electron chi connectivity index (χ4n) is 1.84. The summed E-state index contributed by atoms with van der Waals surface area (Å²) in [6, 6.07) is 9.39. The highest BCUT2D eigenvalue weighted by Gasteiger charge is 2.22. The number of amides is 1. The fraction of sp³-hybridized carbons (Fsp3) is 0.429. The van der Waals surface area contributed by atoms with Gasteiger partial charge in [-0.25, -0.2) is 4.68 Å². The Hall–Kier alpha value is -2.24. The van der Waals surface area contributed by atoms with E-state index in [0.717, 1.165) is 11.5 Å². The van der Waals surface area contributed by atoms with Crippen molar-refractivity contribution in [1.29, 1.82) is 0 Å². The smallest absolute Gasteiger partial charge is 0.226 e. The van der Waals surface area contributed by atoms with Gasteiger partial charge in [0, 0.05) is 17.5 Å². The Morgan fingerprint density at radius 3 is 2.60 bits per heavy atom. The summed E-state index contributed by atoms with van der Waals surface area (Å²) >= 11 is 0. The molecule has 1 amide bonds. The number of anilines is 1. The molecular weight excluding hydrogens is 254 g/mol. The number of hydrogen-bond acceptors (Lipinski definition) is 4. The molecule has 1 N–H and O–H groups in total. The number of aryl methyl sites for hydroxylation is 1. The topological polar surface area (TPSA) is 72.7 Å². The van der Waals surface area contributed by atoms with Crippen molar-refractivity contribution in [2.75, 3.05) is 5.32 Å². The van der Waals surface area contributed by atoms with Crippen LogP contribution in [0.1, 0.15) is 33.0 Å². The summed E-state index contributed by atoms with van der Waals surface area (Å²) in [4.78, 5) is 11.9. The first kappa shape index (κ1) is 14.2. The first-order valence-electron chi connectivity index (χ1n) is 6.58. The molecule has 0 bridgehead atoms. The maximum absolute atomic E-state index is 11.9. The van der Waals surface area contributed by atoms with Crippen LogP contribution in [0.5, 0.6) is 0 Å². The molecule has 0 aliphatic heterocycles. The molecule has 2 aromatic rings. The lowest BCUT2D eigenvalue weighted by molar-refractivity contribution is -0.116. The van der Waals surface area contributed by atoms with Gasteiger partial charge < -0.3 is 5.32 Å². The SMILES string of the molecule is CC(C)(C)c1nnnn1CCC(=O)Nc1ccccc1. The van der Waals surface area contributed by atoms with Crippen LogP contribution in [0.2, 0.25) is 0 Å². The predicted octanol–water partition coefficient (Wildman–Crippen LogP) is 2.00. The third kappa shape index (κ3) is 3.63. The van der Waals surface area contributed by atoms with E-state index in [1.54, 1.807) is 4.68 Å². The van der Waals surface area contributed by atoms with Gasteiger partial charge >= 0.3 is 0 Å². The lowest BCUT2D eigenvalue weighted by Gasteiger charge is -2.16. The van der Waals surface area contributed by atoms with E-state index in [-0.39, 0.29) is 11.3 Å². The summed E-state index contributed by atoms with van der Waals surface area (Å²) in [6.07, 6.45) is 0.336. The summed E-state index contributed by atoms with van der Waals surface area (Å²) in [5.74, 6) is 0.733. The van der Waals surface area contributed by atoms with Crippen molar-refractivity contribution < 1.29 is 4.79 Å². The number of benzene rings is 1. The maximum atomic E-state index is 11.9. The number of para-hydroxylation sites is 1. The minimum Gasteiger partial charge on any atom is -0.326 e. The van der Waals surface area contributed by atoms with Gasteiger partial charge in [0.05, 0.1) is 6.54 Å². The number of hydrogen-bond donors (Lipinski definition) is 1. The highest BCUT2D eigenvalue weighted by molar-refractivity contribution is 5.90. The van der Waals surface area contributed by atoms with Crippen molar-refractivity contribution in [2.45, 2.75) is 39.2 Å². The zero-order chi connectivity index (χ0) is 14.6. The summed E-state index contributed by atoms with van der Waals surface area (Å²) in [5.41, 5.74) is 0.657. The molecule has 0 radical (unpaired) electrons. The molecule has 2 rings (SSSR count). The molecule has 1 aromatic heterocycles. The molecule has 0 saturated heterocycles. The Balaban J connectivity index is 1.93. The third-order valence-electron chi connectivity index (χ3n) is 2.81. The molecule has 6 nitrogen and oxygen atoms in total. The summed E-state index contributed by atoms with van der Waals surface area (Å²) in [5, 5.41) is 14.5. The highest BCUT2D eigenvalue weighted by Crippen LogP contribution is 2.18. The molecule has 0 saturated carbocycles. The Morgan fingerprint density at radius 1 is 1.25 bits per heavy atom. The molecule has 0 atom stereocenters. The molecule has 0 unspecified atom stereocenters. The number of nitrogens with zero attached hydrogens (tertiary/aromatic N) is 4. The van der Waals surface area contributed by atoms with Gasteiger partial charge in [-0.15, -0.1) is 5.10 Å². The molecule has 0 aliphatic rings. The normalized spacial score (nSPS) is 11.3. The number of carbonyl (C=O) groups is 1. The minimum absolute atomic E-state index is 0.0495. The number of nitrogens with one attached hydrogen (secondary N) is 1. The number of rotatable bonds is 4. The first-order chi connectivity index (χ1) is 9.47. The highest BCUT2D eigenvalue weighted by atomic mass is 16.1. The van der Waals surface area contributed by atoms with Crippen LogP contribution in [0.25, 0.3) is 0 Å². The van der Waals surface area contributed by atoms with Crippen molar-refractivity contribution in [3.05, 3.63) is 36.2 Å². The van der Waals surface area contributed by atoms with Gasteiger partial charge in [-0.2, -0.15) is 0 Å². The Labute approximate surface area is 118 Å². The second-order valence-corrected chi connectivity index (χ2v) is 5.64. The van der Waals surface area contributed by atoms with Gasteiger partial charge in [0.15, 0.2) is 5.82 Å². The van der Waals surface area contributed by atoms with Crippen LogP contribution in [-0.4, -0.2) is 26.1 Å². The molecule has 20 heavy (non-hydrogen) atoms. The van der Waals surface area contributed by atoms with E-state index >= 15 is 0 Å². The first-order valence-corrected chi connectivity index (χ1v) is 6.58. The molecule has 1 heterocycles. The molecule has 106 valence electrons. The Bertz CT molecular complexity index is 571. The maximum Gasteiger partial charge on any atom is 0.226 e. The van der Waals surface area contributed by atoms with E-state index in [2.05, 4.69) is 20.8 Å². The molecular formula is C14H19N5O. The molecule has 0 spiro atoms. The van der Waals surface area contributed by atoms with Crippen molar-refractivity contribution in [3.63, 3.8) is 0 Å². The Morgan fingerprint density at radius 2 is 1.95 bits per heavy atom. The van der Waals surface area contributed by atoms with Crippen molar-refractivity contribution >= 4 is 11.6 Å². The summed E-state index contributed by atoms with van der Waals surface area (Å²) in [6.45, 7) is 6.59. The van der Waals surface area contributed by atoms with Crippen molar-refractivity contribution in [3.8, 4) is 0 Å². The minimum atomic E-state index is -0.139. The number of carbonyl (C=O) groups excluding carboxylic acids is 1. The van der Waals surface area contributed by atoms with Gasteiger partial charge in [-0.05, 0) is 22.6 Å². The van der Waals surface area contributed by atoms with Gasteiger partial charge in [-0.1, -0.05) is 39.0 Å². The third-order valence-corrected chi connectivity index (χ3v) is 2.81. The largest absolute Gasteiger partial charge is 0.326 e. The second-order valence-electron chi connectivity index (χ2n) is 5.64. The van der Waals surface area contributed by atoms with E-state index in [4.69, 9.17) is 0 Å². The lowest BCUT2D eigenvalue weighted by Crippen LogP contribution is -2.22. The average molecular weight is 273 g/mol. The Kier molecular flexibility index (Phi) is 4.12. The monoisotopic (exact) mass is 273 g/mol. The van der Waals surface area contributed by atoms with Crippen LogP contribution in [0.4, 0.5) is 5.69 Å². The van der Waals surface area contributed by atoms with E-state index in [9.17, 15) is 4.79 Å². The van der Waals surface area contributed by atoms with Crippen LogP contribution < -0.4 is 5.32 Å². The molecule has 6 heteroatoms. The standard InChI is InChI=1S/C14H19N5O/c1-14(2,3)13-16-17-18-19(13)10-9-12(20)15-11-7-5-4-6-8-11/h4-8H,9-10H2,1-3H3,(H,15,20). The zero-order valence-electron chi connectivity index (χ0n) is 12.0. The average Bonchev–Trinajstić information content (AvgIpc) is 2.86. The summed E-state index contributed by atoms with van der Waals surface area (Å²) in [7, 11) is 0. The van der Waals surface area contributed by atoms with Gasteiger partial charge in [0.1, 0.15) is 0 Å². The van der Waals surface area contributed by atoms with Gasteiger partial charge in [0.2, 0.25) is 5.91 Å². The van der Waals surface area contributed by atoms with Crippen LogP contribution in [0.3, 0.4) is 0 Å². The van der Waals surface area contributed by atoms with E-state index < -0.39 is 0 Å². The quantitative estimate of drug-likeness (QED) is 0.924. The number of aromatic nitrogens is 4. The molecule has 0 aliphatic carbocycles. The van der Waals surface area contributed by atoms with E-state index in [1.807, 2.05) is 51.1 Å². The molecule has 0 fully saturated rings. The van der Waals surface area contributed by atoms with Gasteiger partial charge in [-0.3, -0.25) is 4.79 Å². The van der Waals surface area contributed by atoms with Crippen molar-refractivity contribution in [2.24, 2.45) is 0 Å². The fourth-order valence-corrected chi connectivity index (χ4v) is 1.84. The van der Waals surface area contributed by atoms with Crippen molar-refractivity contribution in [1.82, 2.24) is 20.2 Å². The van der Waals surface area contributed by atoms with Crippen LogP contribution in [-0.2, 0) is 16.8 Å². The lowest BCUT2D eigenvalue weighted by atomic mass is 9.96. The number of tetrazole rings is 1. The van der Waals surface area contributed by atoms with Crippen LogP contribution in [0.15, 0.2) is 30.3 Å². The second kappa shape index (κ2) is 5.81. The van der Waals surface area contributed by atoms with Crippen LogP contribution >= 0.6 is 0 Å². The summed E-state index contributed by atoms with van der Waals surface area (Å²) < 4.78 is 1.69. The predicted molar refractivity (Wildman–Crippen MR) is 76.2 cm³/mol. The molecule has 1 aromatic carbocycles. The van der Waals surface area contributed by atoms with Gasteiger partial charge in [0.25, 0.3) is 0 Å².